The second-order valence-corrected chi connectivity index (χ2v) is 5.69. The van der Waals surface area contributed by atoms with E-state index in [0.29, 0.717) is 11.3 Å². The van der Waals surface area contributed by atoms with Gasteiger partial charge < -0.3 is 5.32 Å². The van der Waals surface area contributed by atoms with E-state index in [-0.39, 0.29) is 5.91 Å². The molecule has 2 rings (SSSR count). The van der Waals surface area contributed by atoms with Gasteiger partial charge in [-0.1, -0.05) is 15.9 Å². The molecular formula is C16H15BrFNO. The number of aryl methyl sites for hydroxylation is 3. The van der Waals surface area contributed by atoms with Crippen LogP contribution >= 0.6 is 15.9 Å². The Balaban J connectivity index is 2.28. The molecule has 0 fully saturated rings. The second kappa shape index (κ2) is 5.75. The Kier molecular flexibility index (Phi) is 4.23. The summed E-state index contributed by atoms with van der Waals surface area (Å²) in [6.45, 7) is 5.67. The van der Waals surface area contributed by atoms with E-state index in [4.69, 9.17) is 0 Å². The van der Waals surface area contributed by atoms with Crippen LogP contribution in [0.2, 0.25) is 0 Å². The number of amides is 1. The number of hydrogen-bond donors (Lipinski definition) is 1. The topological polar surface area (TPSA) is 29.1 Å². The molecule has 0 aliphatic rings. The summed E-state index contributed by atoms with van der Waals surface area (Å²) in [6.07, 6.45) is 0. The van der Waals surface area contributed by atoms with Gasteiger partial charge in [0.1, 0.15) is 5.82 Å². The molecule has 0 aliphatic heterocycles. The van der Waals surface area contributed by atoms with Crippen LogP contribution in [0.4, 0.5) is 10.1 Å². The molecule has 0 aromatic heterocycles. The summed E-state index contributed by atoms with van der Waals surface area (Å²) in [4.78, 5) is 12.1. The van der Waals surface area contributed by atoms with Gasteiger partial charge >= 0.3 is 0 Å². The Morgan fingerprint density at radius 1 is 1.05 bits per heavy atom. The Labute approximate surface area is 126 Å². The van der Waals surface area contributed by atoms with E-state index < -0.39 is 5.82 Å². The number of anilines is 1. The molecule has 104 valence electrons. The zero-order valence-corrected chi connectivity index (χ0v) is 13.1. The van der Waals surface area contributed by atoms with Crippen LogP contribution in [0.15, 0.2) is 34.8 Å². The lowest BCUT2D eigenvalue weighted by molar-refractivity contribution is 0.102. The van der Waals surface area contributed by atoms with Gasteiger partial charge in [0.2, 0.25) is 0 Å². The van der Waals surface area contributed by atoms with Crippen molar-refractivity contribution in [3.63, 3.8) is 0 Å². The molecule has 0 bridgehead atoms. The van der Waals surface area contributed by atoms with Gasteiger partial charge in [-0.15, -0.1) is 0 Å². The van der Waals surface area contributed by atoms with Gasteiger partial charge in [0, 0.05) is 15.7 Å². The number of carbonyl (C=O) groups is 1. The SMILES string of the molecule is Cc1cc(F)cc(C(=O)Nc2cc(C)c(Br)c(C)c2)c1. The first-order chi connectivity index (χ1) is 9.36. The van der Waals surface area contributed by atoms with Gasteiger partial charge in [-0.05, 0) is 67.8 Å². The van der Waals surface area contributed by atoms with Crippen LogP contribution in [0.1, 0.15) is 27.0 Å². The molecule has 2 nitrogen and oxygen atoms in total. The minimum Gasteiger partial charge on any atom is -0.322 e. The number of carbonyl (C=O) groups excluding carboxylic acids is 1. The van der Waals surface area contributed by atoms with Gasteiger partial charge in [0.25, 0.3) is 5.91 Å². The highest BCUT2D eigenvalue weighted by Crippen LogP contribution is 2.25. The van der Waals surface area contributed by atoms with E-state index in [1.54, 1.807) is 13.0 Å². The number of halogens is 2. The molecule has 0 unspecified atom stereocenters. The number of benzene rings is 2. The third kappa shape index (κ3) is 3.25. The molecule has 20 heavy (non-hydrogen) atoms. The minimum absolute atomic E-state index is 0.311. The summed E-state index contributed by atoms with van der Waals surface area (Å²) in [5, 5.41) is 2.80. The lowest BCUT2D eigenvalue weighted by Crippen LogP contribution is -2.12. The quantitative estimate of drug-likeness (QED) is 0.841. The third-order valence-corrected chi connectivity index (χ3v) is 4.25. The maximum absolute atomic E-state index is 13.3. The summed E-state index contributed by atoms with van der Waals surface area (Å²) in [5.74, 6) is -0.716. The standard InChI is InChI=1S/C16H15BrFNO/c1-9-4-12(8-13(18)5-9)16(20)19-14-6-10(2)15(17)11(3)7-14/h4-8H,1-3H3,(H,19,20). The van der Waals surface area contributed by atoms with Crippen molar-refractivity contribution in [2.45, 2.75) is 20.8 Å². The fraction of sp³-hybridized carbons (Fsp3) is 0.188. The highest BCUT2D eigenvalue weighted by Gasteiger charge is 2.10. The summed E-state index contributed by atoms with van der Waals surface area (Å²) >= 11 is 3.48. The highest BCUT2D eigenvalue weighted by atomic mass is 79.9. The molecule has 1 amide bonds. The van der Waals surface area contributed by atoms with E-state index in [2.05, 4.69) is 21.2 Å². The van der Waals surface area contributed by atoms with Crippen LogP contribution in [0.5, 0.6) is 0 Å². The summed E-state index contributed by atoms with van der Waals surface area (Å²) in [5.41, 5.74) is 3.82. The van der Waals surface area contributed by atoms with Crippen LogP contribution in [0.3, 0.4) is 0 Å². The van der Waals surface area contributed by atoms with Crippen LogP contribution in [0, 0.1) is 26.6 Å². The van der Waals surface area contributed by atoms with E-state index in [0.717, 1.165) is 21.2 Å². The largest absolute Gasteiger partial charge is 0.322 e. The first-order valence-electron chi connectivity index (χ1n) is 6.22. The maximum Gasteiger partial charge on any atom is 0.255 e. The summed E-state index contributed by atoms with van der Waals surface area (Å²) < 4.78 is 14.3. The third-order valence-electron chi connectivity index (χ3n) is 3.00. The van der Waals surface area contributed by atoms with Crippen molar-refractivity contribution in [1.82, 2.24) is 0 Å². The number of nitrogens with one attached hydrogen (secondary N) is 1. The molecule has 0 atom stereocenters. The highest BCUT2D eigenvalue weighted by molar-refractivity contribution is 9.10. The molecule has 2 aromatic carbocycles. The Hall–Kier alpha value is -1.68. The van der Waals surface area contributed by atoms with Crippen molar-refractivity contribution in [1.29, 1.82) is 0 Å². The van der Waals surface area contributed by atoms with Crippen molar-refractivity contribution in [3.05, 3.63) is 62.9 Å². The van der Waals surface area contributed by atoms with Crippen molar-refractivity contribution in [2.75, 3.05) is 5.32 Å². The normalized spacial score (nSPS) is 10.4. The lowest BCUT2D eigenvalue weighted by atomic mass is 10.1. The maximum atomic E-state index is 13.3. The van der Waals surface area contributed by atoms with Crippen molar-refractivity contribution in [3.8, 4) is 0 Å². The van der Waals surface area contributed by atoms with Gasteiger partial charge in [0.15, 0.2) is 0 Å². The van der Waals surface area contributed by atoms with Gasteiger partial charge in [-0.25, -0.2) is 4.39 Å². The Bertz CT molecular complexity index is 639. The Morgan fingerprint density at radius 3 is 2.20 bits per heavy atom. The second-order valence-electron chi connectivity index (χ2n) is 4.90. The summed E-state index contributed by atoms with van der Waals surface area (Å²) in [7, 11) is 0. The molecule has 0 aliphatic carbocycles. The predicted octanol–water partition coefficient (Wildman–Crippen LogP) is 4.77. The molecular weight excluding hydrogens is 321 g/mol. The van der Waals surface area contributed by atoms with E-state index in [1.165, 1.54) is 12.1 Å². The average Bonchev–Trinajstić information content (AvgIpc) is 2.34. The van der Waals surface area contributed by atoms with Crippen LogP contribution in [-0.2, 0) is 0 Å². The molecule has 2 aromatic rings. The fourth-order valence-corrected chi connectivity index (χ4v) is 2.32. The number of hydrogen-bond acceptors (Lipinski definition) is 1. The first kappa shape index (κ1) is 14.7. The molecule has 1 N–H and O–H groups in total. The van der Waals surface area contributed by atoms with Gasteiger partial charge in [0.05, 0.1) is 0 Å². The molecule has 0 spiro atoms. The monoisotopic (exact) mass is 335 g/mol. The van der Waals surface area contributed by atoms with Crippen molar-refractivity contribution in [2.24, 2.45) is 0 Å². The number of rotatable bonds is 2. The molecule has 0 saturated heterocycles. The summed E-state index contributed by atoms with van der Waals surface area (Å²) in [6, 6.07) is 8.05. The van der Waals surface area contributed by atoms with Crippen LogP contribution in [-0.4, -0.2) is 5.91 Å². The van der Waals surface area contributed by atoms with E-state index in [1.807, 2.05) is 26.0 Å². The van der Waals surface area contributed by atoms with Crippen molar-refractivity contribution < 1.29 is 9.18 Å². The zero-order chi connectivity index (χ0) is 14.9. The predicted molar refractivity (Wildman–Crippen MR) is 82.7 cm³/mol. The van der Waals surface area contributed by atoms with Gasteiger partial charge in [-0.3, -0.25) is 4.79 Å². The average molecular weight is 336 g/mol. The van der Waals surface area contributed by atoms with Crippen LogP contribution < -0.4 is 5.32 Å². The molecule has 0 heterocycles. The van der Waals surface area contributed by atoms with Crippen molar-refractivity contribution >= 4 is 27.5 Å². The zero-order valence-electron chi connectivity index (χ0n) is 11.6. The van der Waals surface area contributed by atoms with E-state index >= 15 is 0 Å². The molecule has 4 heteroatoms. The van der Waals surface area contributed by atoms with Gasteiger partial charge in [-0.2, -0.15) is 0 Å². The molecule has 0 radical (unpaired) electrons. The fourth-order valence-electron chi connectivity index (χ4n) is 2.09. The smallest absolute Gasteiger partial charge is 0.255 e. The lowest BCUT2D eigenvalue weighted by Gasteiger charge is -2.10. The minimum atomic E-state index is -0.404. The van der Waals surface area contributed by atoms with E-state index in [9.17, 15) is 9.18 Å². The van der Waals surface area contributed by atoms with Crippen LogP contribution in [0.25, 0.3) is 0 Å². The molecule has 0 saturated carbocycles. The first-order valence-corrected chi connectivity index (χ1v) is 7.01. The Morgan fingerprint density at radius 2 is 1.65 bits per heavy atom.